The number of hydrogen-bond acceptors (Lipinski definition) is 5. The number of fused-ring (bicyclic) bond motifs is 1. The molecule has 1 aliphatic heterocycles. The summed E-state index contributed by atoms with van der Waals surface area (Å²) in [5.41, 5.74) is 2.01. The smallest absolute Gasteiger partial charge is 0.278 e. The second-order valence-corrected chi connectivity index (χ2v) is 7.26. The van der Waals surface area contributed by atoms with E-state index in [2.05, 4.69) is 9.97 Å². The topological polar surface area (TPSA) is 80.2 Å². The number of nitrogens with zero attached hydrogens (tertiary/aromatic N) is 3. The molecule has 25 heavy (non-hydrogen) atoms. The molecule has 0 aromatic carbocycles. The second-order valence-electron chi connectivity index (χ2n) is 6.32. The monoisotopic (exact) mass is 364 g/mol. The van der Waals surface area contributed by atoms with E-state index < -0.39 is 0 Å². The maximum absolute atomic E-state index is 12.9. The van der Waals surface area contributed by atoms with Crippen LogP contribution in [-0.2, 0) is 9.53 Å². The van der Waals surface area contributed by atoms with Crippen LogP contribution in [-0.4, -0.2) is 57.4 Å². The van der Waals surface area contributed by atoms with Gasteiger partial charge in [0.2, 0.25) is 5.91 Å². The quantitative estimate of drug-likeness (QED) is 0.648. The zero-order valence-corrected chi connectivity index (χ0v) is 15.7. The van der Waals surface area contributed by atoms with Crippen molar-refractivity contribution >= 4 is 28.7 Å². The van der Waals surface area contributed by atoms with Crippen LogP contribution in [0.15, 0.2) is 16.0 Å². The standard InChI is InChI=1S/C17H24N4O3S/c1-4-12(3)21-16(23)15-13(9-11(2)18-15)19-17(21)25-10-14(22)20-5-7-24-8-6-20/h9,12,18H,4-8,10H2,1-3H3/t12-/m1/s1. The maximum atomic E-state index is 12.9. The number of thioether (sulfide) groups is 1. The first-order chi connectivity index (χ1) is 12.0. The van der Waals surface area contributed by atoms with Gasteiger partial charge in [0.25, 0.3) is 5.56 Å². The number of nitrogens with one attached hydrogen (secondary N) is 1. The zero-order valence-electron chi connectivity index (χ0n) is 14.9. The average Bonchev–Trinajstić information content (AvgIpc) is 3.00. The van der Waals surface area contributed by atoms with Gasteiger partial charge < -0.3 is 14.6 Å². The van der Waals surface area contributed by atoms with Gasteiger partial charge in [-0.1, -0.05) is 18.7 Å². The van der Waals surface area contributed by atoms with E-state index in [-0.39, 0.29) is 23.3 Å². The molecular formula is C17H24N4O3S. The number of aromatic nitrogens is 3. The first-order valence-corrected chi connectivity index (χ1v) is 9.60. The van der Waals surface area contributed by atoms with E-state index in [1.165, 1.54) is 11.8 Å². The highest BCUT2D eigenvalue weighted by molar-refractivity contribution is 7.99. The molecule has 0 bridgehead atoms. The molecular weight excluding hydrogens is 340 g/mol. The Labute approximate surface area is 150 Å². The number of aromatic amines is 1. The predicted molar refractivity (Wildman–Crippen MR) is 98.2 cm³/mol. The van der Waals surface area contributed by atoms with Crippen molar-refractivity contribution < 1.29 is 9.53 Å². The van der Waals surface area contributed by atoms with Gasteiger partial charge in [0.05, 0.1) is 24.5 Å². The van der Waals surface area contributed by atoms with Crippen molar-refractivity contribution in [2.45, 2.75) is 38.4 Å². The third-order valence-corrected chi connectivity index (χ3v) is 5.44. The Morgan fingerprint density at radius 3 is 2.84 bits per heavy atom. The van der Waals surface area contributed by atoms with Gasteiger partial charge in [-0.05, 0) is 26.3 Å². The molecule has 3 rings (SSSR count). The molecule has 8 heteroatoms. The Morgan fingerprint density at radius 1 is 1.44 bits per heavy atom. The molecule has 1 aliphatic rings. The van der Waals surface area contributed by atoms with Gasteiger partial charge in [0, 0.05) is 24.8 Å². The number of H-pyrrole nitrogens is 1. The van der Waals surface area contributed by atoms with Crippen LogP contribution in [0.2, 0.25) is 0 Å². The van der Waals surface area contributed by atoms with Crippen molar-refractivity contribution in [3.05, 3.63) is 22.1 Å². The van der Waals surface area contributed by atoms with E-state index in [0.717, 1.165) is 12.1 Å². The molecule has 0 aliphatic carbocycles. The third-order valence-electron chi connectivity index (χ3n) is 4.51. The molecule has 1 atom stereocenters. The van der Waals surface area contributed by atoms with Crippen LogP contribution in [0.3, 0.4) is 0 Å². The number of carbonyl (C=O) groups excluding carboxylic acids is 1. The Kier molecular flexibility index (Phi) is 5.48. The lowest BCUT2D eigenvalue weighted by Gasteiger charge is -2.26. The van der Waals surface area contributed by atoms with Crippen LogP contribution in [0.1, 0.15) is 32.0 Å². The summed E-state index contributed by atoms with van der Waals surface area (Å²) in [7, 11) is 0. The minimum absolute atomic E-state index is 0.0222. The molecule has 0 spiro atoms. The van der Waals surface area contributed by atoms with E-state index in [0.29, 0.717) is 42.5 Å². The molecule has 3 heterocycles. The molecule has 1 fully saturated rings. The first-order valence-electron chi connectivity index (χ1n) is 8.61. The molecule has 0 unspecified atom stereocenters. The largest absolute Gasteiger partial charge is 0.378 e. The SMILES string of the molecule is CC[C@@H](C)n1c(SCC(=O)N2CCOCC2)nc2cc(C)[nH]c2c1=O. The van der Waals surface area contributed by atoms with Crippen LogP contribution in [0.4, 0.5) is 0 Å². The molecule has 1 amide bonds. The van der Waals surface area contributed by atoms with Crippen molar-refractivity contribution in [2.75, 3.05) is 32.1 Å². The van der Waals surface area contributed by atoms with Crippen LogP contribution in [0, 0.1) is 6.92 Å². The second kappa shape index (κ2) is 7.61. The van der Waals surface area contributed by atoms with Gasteiger partial charge in [-0.2, -0.15) is 0 Å². The summed E-state index contributed by atoms with van der Waals surface area (Å²) in [4.78, 5) is 34.8. The van der Waals surface area contributed by atoms with Gasteiger partial charge in [0.15, 0.2) is 5.16 Å². The highest BCUT2D eigenvalue weighted by atomic mass is 32.2. The fourth-order valence-corrected chi connectivity index (χ4v) is 3.89. The molecule has 1 N–H and O–H groups in total. The molecule has 0 radical (unpaired) electrons. The van der Waals surface area contributed by atoms with Crippen molar-refractivity contribution in [3.63, 3.8) is 0 Å². The predicted octanol–water partition coefficient (Wildman–Crippen LogP) is 1.95. The summed E-state index contributed by atoms with van der Waals surface area (Å²) < 4.78 is 6.99. The normalized spacial score (nSPS) is 16.4. The summed E-state index contributed by atoms with van der Waals surface area (Å²) in [6, 6.07) is 1.89. The molecule has 7 nitrogen and oxygen atoms in total. The minimum Gasteiger partial charge on any atom is -0.378 e. The van der Waals surface area contributed by atoms with Crippen LogP contribution in [0.5, 0.6) is 0 Å². The number of rotatable bonds is 5. The lowest BCUT2D eigenvalue weighted by molar-refractivity contribution is -0.132. The van der Waals surface area contributed by atoms with Gasteiger partial charge in [-0.25, -0.2) is 4.98 Å². The zero-order chi connectivity index (χ0) is 18.0. The number of morpholine rings is 1. The Bertz CT molecular complexity index is 823. The summed E-state index contributed by atoms with van der Waals surface area (Å²) in [6.07, 6.45) is 0.817. The maximum Gasteiger partial charge on any atom is 0.278 e. The van der Waals surface area contributed by atoms with Crippen LogP contribution < -0.4 is 5.56 Å². The van der Waals surface area contributed by atoms with E-state index >= 15 is 0 Å². The number of amides is 1. The fourth-order valence-electron chi connectivity index (χ4n) is 2.89. The van der Waals surface area contributed by atoms with Crippen molar-refractivity contribution in [1.82, 2.24) is 19.4 Å². The summed E-state index contributed by atoms with van der Waals surface area (Å²) in [5, 5.41) is 0.604. The summed E-state index contributed by atoms with van der Waals surface area (Å²) in [5.74, 6) is 0.334. The first kappa shape index (κ1) is 18.0. The van der Waals surface area contributed by atoms with Crippen molar-refractivity contribution in [2.24, 2.45) is 0 Å². The molecule has 0 saturated carbocycles. The van der Waals surface area contributed by atoms with E-state index in [4.69, 9.17) is 4.74 Å². The lowest BCUT2D eigenvalue weighted by Crippen LogP contribution is -2.41. The van der Waals surface area contributed by atoms with Crippen molar-refractivity contribution in [1.29, 1.82) is 0 Å². The van der Waals surface area contributed by atoms with Gasteiger partial charge in [-0.15, -0.1) is 0 Å². The van der Waals surface area contributed by atoms with E-state index in [1.807, 2.05) is 26.8 Å². The molecule has 2 aromatic heterocycles. The average molecular weight is 364 g/mol. The Hall–Kier alpha value is -1.80. The molecule has 1 saturated heterocycles. The van der Waals surface area contributed by atoms with Crippen molar-refractivity contribution in [3.8, 4) is 0 Å². The number of hydrogen-bond donors (Lipinski definition) is 1. The number of carbonyl (C=O) groups is 1. The fraction of sp³-hybridized carbons (Fsp3) is 0.588. The highest BCUT2D eigenvalue weighted by Crippen LogP contribution is 2.23. The molecule has 136 valence electrons. The van der Waals surface area contributed by atoms with Crippen LogP contribution >= 0.6 is 11.8 Å². The summed E-state index contributed by atoms with van der Waals surface area (Å²) in [6.45, 7) is 8.36. The Morgan fingerprint density at radius 2 is 2.16 bits per heavy atom. The number of ether oxygens (including phenoxy) is 1. The van der Waals surface area contributed by atoms with Gasteiger partial charge in [-0.3, -0.25) is 14.2 Å². The van der Waals surface area contributed by atoms with Crippen LogP contribution in [0.25, 0.3) is 11.0 Å². The third kappa shape index (κ3) is 3.74. The van der Waals surface area contributed by atoms with Gasteiger partial charge >= 0.3 is 0 Å². The highest BCUT2D eigenvalue weighted by Gasteiger charge is 2.21. The molecule has 2 aromatic rings. The van der Waals surface area contributed by atoms with Gasteiger partial charge in [0.1, 0.15) is 5.52 Å². The Balaban J connectivity index is 1.88. The summed E-state index contributed by atoms with van der Waals surface area (Å²) >= 11 is 1.34. The lowest BCUT2D eigenvalue weighted by atomic mass is 10.2. The van der Waals surface area contributed by atoms with E-state index in [1.54, 1.807) is 9.47 Å². The minimum atomic E-state index is -0.0752. The number of aryl methyl sites for hydroxylation is 1. The van der Waals surface area contributed by atoms with E-state index in [9.17, 15) is 9.59 Å².